The first kappa shape index (κ1) is 12.3. The highest BCUT2D eigenvalue weighted by Gasteiger charge is 2.38. The first-order chi connectivity index (χ1) is 7.91. The molecule has 1 saturated heterocycles. The molecule has 1 fully saturated rings. The van der Waals surface area contributed by atoms with Crippen LogP contribution in [0, 0.1) is 0 Å². The molecule has 2 heterocycles. The van der Waals surface area contributed by atoms with Crippen LogP contribution >= 0.6 is 0 Å². The molecular weight excluding hydrogens is 233 g/mol. The van der Waals surface area contributed by atoms with E-state index in [1.807, 2.05) is 0 Å². The van der Waals surface area contributed by atoms with E-state index in [1.165, 1.54) is 12.1 Å². The van der Waals surface area contributed by atoms with Crippen molar-refractivity contribution in [2.75, 3.05) is 13.1 Å². The van der Waals surface area contributed by atoms with Gasteiger partial charge in [-0.1, -0.05) is 6.07 Å². The number of rotatable bonds is 2. The Hall–Kier alpha value is -1.14. The first-order valence-corrected chi connectivity index (χ1v) is 5.35. The second-order valence-electron chi connectivity index (χ2n) is 4.34. The molecule has 2 N–H and O–H groups in total. The lowest BCUT2D eigenvalue weighted by Gasteiger charge is -2.22. The maximum atomic E-state index is 12.7. The van der Waals surface area contributed by atoms with Gasteiger partial charge in [-0.3, -0.25) is 4.98 Å². The van der Waals surface area contributed by atoms with Crippen LogP contribution in [0.1, 0.15) is 17.7 Å². The SMILES string of the molecule is OC1(Cc2cccnc2C(F)(F)F)CCNC1. The molecule has 0 amide bonds. The van der Waals surface area contributed by atoms with Crippen LogP contribution in [0.4, 0.5) is 13.2 Å². The predicted octanol–water partition coefficient (Wildman–Crippen LogP) is 1.37. The number of nitrogens with zero attached hydrogens (tertiary/aromatic N) is 1. The van der Waals surface area contributed by atoms with E-state index in [0.717, 1.165) is 6.20 Å². The lowest BCUT2D eigenvalue weighted by molar-refractivity contribution is -0.142. The topological polar surface area (TPSA) is 45.2 Å². The molecule has 1 atom stereocenters. The van der Waals surface area contributed by atoms with Crippen molar-refractivity contribution >= 4 is 0 Å². The van der Waals surface area contributed by atoms with Crippen molar-refractivity contribution in [3.05, 3.63) is 29.6 Å². The Bertz CT molecular complexity index is 400. The molecule has 3 nitrogen and oxygen atoms in total. The van der Waals surface area contributed by atoms with Crippen molar-refractivity contribution in [2.24, 2.45) is 0 Å². The summed E-state index contributed by atoms with van der Waals surface area (Å²) in [5.74, 6) is 0. The normalized spacial score (nSPS) is 25.2. The van der Waals surface area contributed by atoms with Crippen molar-refractivity contribution in [1.29, 1.82) is 0 Å². The summed E-state index contributed by atoms with van der Waals surface area (Å²) in [6, 6.07) is 2.82. The molecule has 94 valence electrons. The Morgan fingerprint density at radius 2 is 2.24 bits per heavy atom. The average Bonchev–Trinajstić information content (AvgIpc) is 2.64. The molecule has 0 radical (unpaired) electrons. The molecular formula is C11H13F3N2O. The van der Waals surface area contributed by atoms with E-state index in [-0.39, 0.29) is 12.0 Å². The van der Waals surface area contributed by atoms with E-state index in [9.17, 15) is 18.3 Å². The van der Waals surface area contributed by atoms with Crippen LogP contribution in [-0.2, 0) is 12.6 Å². The molecule has 1 aromatic rings. The van der Waals surface area contributed by atoms with Crippen LogP contribution in [0.25, 0.3) is 0 Å². The summed E-state index contributed by atoms with van der Waals surface area (Å²) in [6.07, 6.45) is -2.93. The minimum absolute atomic E-state index is 0.0251. The summed E-state index contributed by atoms with van der Waals surface area (Å²) in [5.41, 5.74) is -1.95. The number of hydrogen-bond acceptors (Lipinski definition) is 3. The van der Waals surface area contributed by atoms with Crippen molar-refractivity contribution < 1.29 is 18.3 Å². The van der Waals surface area contributed by atoms with E-state index in [1.54, 1.807) is 0 Å². The summed E-state index contributed by atoms with van der Waals surface area (Å²) < 4.78 is 38.1. The highest BCUT2D eigenvalue weighted by molar-refractivity contribution is 5.24. The summed E-state index contributed by atoms with van der Waals surface area (Å²) in [7, 11) is 0. The molecule has 0 bridgehead atoms. The smallest absolute Gasteiger partial charge is 0.388 e. The van der Waals surface area contributed by atoms with Crippen LogP contribution in [0.2, 0.25) is 0 Å². The van der Waals surface area contributed by atoms with E-state index in [2.05, 4.69) is 10.3 Å². The fourth-order valence-electron chi connectivity index (χ4n) is 2.07. The zero-order valence-electron chi connectivity index (χ0n) is 9.09. The van der Waals surface area contributed by atoms with Gasteiger partial charge in [-0.25, -0.2) is 0 Å². The second-order valence-corrected chi connectivity index (χ2v) is 4.34. The lowest BCUT2D eigenvalue weighted by Crippen LogP contribution is -2.34. The van der Waals surface area contributed by atoms with Crippen LogP contribution < -0.4 is 5.32 Å². The van der Waals surface area contributed by atoms with Crippen LogP contribution in [0.5, 0.6) is 0 Å². The Morgan fingerprint density at radius 3 is 2.82 bits per heavy atom. The number of alkyl halides is 3. The van der Waals surface area contributed by atoms with Gasteiger partial charge in [-0.2, -0.15) is 13.2 Å². The molecule has 1 unspecified atom stereocenters. The summed E-state index contributed by atoms with van der Waals surface area (Å²) in [4.78, 5) is 3.37. The number of β-amino-alcohol motifs (C(OH)–C–C–N with tert-alkyl or cyclic N) is 1. The van der Waals surface area contributed by atoms with Crippen LogP contribution in [0.15, 0.2) is 18.3 Å². The third-order valence-corrected chi connectivity index (χ3v) is 2.90. The fraction of sp³-hybridized carbons (Fsp3) is 0.545. The summed E-state index contributed by atoms with van der Waals surface area (Å²) in [6.45, 7) is 0.942. The molecule has 17 heavy (non-hydrogen) atoms. The molecule has 2 rings (SSSR count). The van der Waals surface area contributed by atoms with Crippen molar-refractivity contribution in [3.63, 3.8) is 0 Å². The maximum Gasteiger partial charge on any atom is 0.433 e. The molecule has 0 aromatic carbocycles. The van der Waals surface area contributed by atoms with Gasteiger partial charge in [0.25, 0.3) is 0 Å². The number of aromatic nitrogens is 1. The van der Waals surface area contributed by atoms with E-state index < -0.39 is 17.5 Å². The minimum Gasteiger partial charge on any atom is -0.388 e. The standard InChI is InChI=1S/C11H13F3N2O/c12-11(13,14)9-8(2-1-4-16-9)6-10(17)3-5-15-7-10/h1-2,4,15,17H,3,5-7H2. The molecule has 6 heteroatoms. The maximum absolute atomic E-state index is 12.7. The Balaban J connectivity index is 2.26. The molecule has 1 aromatic heterocycles. The predicted molar refractivity (Wildman–Crippen MR) is 55.4 cm³/mol. The van der Waals surface area contributed by atoms with Crippen LogP contribution in [-0.4, -0.2) is 28.8 Å². The van der Waals surface area contributed by atoms with E-state index >= 15 is 0 Å². The largest absolute Gasteiger partial charge is 0.433 e. The number of aliphatic hydroxyl groups is 1. The number of hydrogen-bond donors (Lipinski definition) is 2. The minimum atomic E-state index is -4.47. The van der Waals surface area contributed by atoms with E-state index in [0.29, 0.717) is 19.5 Å². The summed E-state index contributed by atoms with van der Waals surface area (Å²) >= 11 is 0. The van der Waals surface area contributed by atoms with Crippen molar-refractivity contribution in [2.45, 2.75) is 24.6 Å². The average molecular weight is 246 g/mol. The highest BCUT2D eigenvalue weighted by atomic mass is 19.4. The van der Waals surface area contributed by atoms with Gasteiger partial charge in [0.15, 0.2) is 0 Å². The van der Waals surface area contributed by atoms with Gasteiger partial charge in [0.1, 0.15) is 5.69 Å². The van der Waals surface area contributed by atoms with Gasteiger partial charge in [0.2, 0.25) is 0 Å². The van der Waals surface area contributed by atoms with Gasteiger partial charge in [-0.15, -0.1) is 0 Å². The van der Waals surface area contributed by atoms with Crippen molar-refractivity contribution in [1.82, 2.24) is 10.3 Å². The molecule has 0 saturated carbocycles. The Kier molecular flexibility index (Phi) is 3.09. The van der Waals surface area contributed by atoms with E-state index in [4.69, 9.17) is 0 Å². The van der Waals surface area contributed by atoms with Gasteiger partial charge in [-0.05, 0) is 24.6 Å². The van der Waals surface area contributed by atoms with Gasteiger partial charge in [0, 0.05) is 19.2 Å². The first-order valence-electron chi connectivity index (χ1n) is 5.35. The van der Waals surface area contributed by atoms with Gasteiger partial charge < -0.3 is 10.4 Å². The van der Waals surface area contributed by atoms with Crippen molar-refractivity contribution in [3.8, 4) is 0 Å². The highest BCUT2D eigenvalue weighted by Crippen LogP contribution is 2.32. The molecule has 0 spiro atoms. The van der Waals surface area contributed by atoms with Gasteiger partial charge in [0.05, 0.1) is 5.60 Å². The second kappa shape index (κ2) is 4.27. The van der Waals surface area contributed by atoms with Crippen LogP contribution in [0.3, 0.4) is 0 Å². The molecule has 1 aliphatic rings. The Labute approximate surface area is 96.7 Å². The fourth-order valence-corrected chi connectivity index (χ4v) is 2.07. The number of nitrogens with one attached hydrogen (secondary N) is 1. The Morgan fingerprint density at radius 1 is 1.47 bits per heavy atom. The zero-order valence-corrected chi connectivity index (χ0v) is 9.09. The quantitative estimate of drug-likeness (QED) is 0.828. The monoisotopic (exact) mass is 246 g/mol. The lowest BCUT2D eigenvalue weighted by atomic mass is 9.93. The third-order valence-electron chi connectivity index (χ3n) is 2.90. The third kappa shape index (κ3) is 2.76. The number of halogens is 3. The van der Waals surface area contributed by atoms with Gasteiger partial charge >= 0.3 is 6.18 Å². The number of pyridine rings is 1. The summed E-state index contributed by atoms with van der Waals surface area (Å²) in [5, 5.41) is 13.0. The zero-order chi connectivity index (χ0) is 12.5. The molecule has 0 aliphatic carbocycles. The molecule has 1 aliphatic heterocycles.